The monoisotopic (exact) mass is 179 g/mol. The maximum Gasteiger partial charge on any atom is 0.153 e. The number of carbonyl (C=O) groups excluding carboxylic acids is 2. The van der Waals surface area contributed by atoms with E-state index in [1.54, 1.807) is 20.0 Å². The van der Waals surface area contributed by atoms with Crippen LogP contribution in [0.2, 0.25) is 0 Å². The summed E-state index contributed by atoms with van der Waals surface area (Å²) in [4.78, 5) is 27.0. The van der Waals surface area contributed by atoms with Crippen LogP contribution in [0.25, 0.3) is 0 Å². The SMILES string of the molecule is CC(=O)C1(C(C)=O)C(C)=CN=C1C. The van der Waals surface area contributed by atoms with Crippen molar-refractivity contribution >= 4 is 17.3 Å². The Kier molecular flexibility index (Phi) is 2.20. The zero-order chi connectivity index (χ0) is 10.2. The van der Waals surface area contributed by atoms with E-state index in [0.717, 1.165) is 5.57 Å². The number of ketones is 2. The number of Topliss-reactive ketones (excluding diaryl/α,β-unsaturated/α-hetero) is 2. The molecule has 1 aliphatic rings. The molecule has 0 aromatic heterocycles. The van der Waals surface area contributed by atoms with Gasteiger partial charge >= 0.3 is 0 Å². The average Bonchev–Trinajstić information content (AvgIpc) is 2.27. The molecule has 0 spiro atoms. The highest BCUT2D eigenvalue weighted by molar-refractivity contribution is 6.28. The van der Waals surface area contributed by atoms with Crippen molar-refractivity contribution in [3.8, 4) is 0 Å². The van der Waals surface area contributed by atoms with Gasteiger partial charge in [-0.2, -0.15) is 0 Å². The fourth-order valence-corrected chi connectivity index (χ4v) is 1.99. The van der Waals surface area contributed by atoms with Crippen molar-refractivity contribution in [3.05, 3.63) is 11.8 Å². The van der Waals surface area contributed by atoms with Crippen LogP contribution in [0.5, 0.6) is 0 Å². The van der Waals surface area contributed by atoms with Crippen molar-refractivity contribution in [3.63, 3.8) is 0 Å². The van der Waals surface area contributed by atoms with Crippen molar-refractivity contribution in [2.45, 2.75) is 27.7 Å². The summed E-state index contributed by atoms with van der Waals surface area (Å²) >= 11 is 0. The molecule has 0 aromatic carbocycles. The number of allylic oxidation sites excluding steroid dienone is 1. The Hall–Kier alpha value is -1.25. The third kappa shape index (κ3) is 1.07. The maximum absolute atomic E-state index is 11.5. The summed E-state index contributed by atoms with van der Waals surface area (Å²) in [6.07, 6.45) is 1.60. The molecule has 0 radical (unpaired) electrons. The van der Waals surface area contributed by atoms with Crippen LogP contribution in [0.3, 0.4) is 0 Å². The van der Waals surface area contributed by atoms with Gasteiger partial charge in [0.05, 0.1) is 0 Å². The maximum atomic E-state index is 11.5. The first-order chi connectivity index (χ1) is 5.94. The van der Waals surface area contributed by atoms with E-state index in [1.807, 2.05) is 0 Å². The van der Waals surface area contributed by atoms with Crippen molar-refractivity contribution in [2.24, 2.45) is 10.4 Å². The number of carbonyl (C=O) groups is 2. The predicted molar refractivity (Wildman–Crippen MR) is 50.7 cm³/mol. The molecule has 1 heterocycles. The molecular weight excluding hydrogens is 166 g/mol. The number of aliphatic imine (C=N–C) groups is 1. The largest absolute Gasteiger partial charge is 0.298 e. The molecule has 0 bridgehead atoms. The van der Waals surface area contributed by atoms with Crippen LogP contribution in [0.4, 0.5) is 0 Å². The third-order valence-corrected chi connectivity index (χ3v) is 2.64. The number of hydrogen-bond acceptors (Lipinski definition) is 3. The Balaban J connectivity index is 3.35. The topological polar surface area (TPSA) is 46.5 Å². The highest BCUT2D eigenvalue weighted by Gasteiger charge is 2.47. The van der Waals surface area contributed by atoms with Crippen molar-refractivity contribution in [1.29, 1.82) is 0 Å². The van der Waals surface area contributed by atoms with Gasteiger partial charge in [-0.15, -0.1) is 0 Å². The standard InChI is InChI=1S/C10H13NO2/c1-6-5-11-7(2)10(6,8(3)12)9(4)13/h5H,1-4H3. The molecule has 0 saturated carbocycles. The fourth-order valence-electron chi connectivity index (χ4n) is 1.99. The van der Waals surface area contributed by atoms with Gasteiger partial charge in [0, 0.05) is 11.9 Å². The van der Waals surface area contributed by atoms with Gasteiger partial charge in [-0.1, -0.05) is 0 Å². The van der Waals surface area contributed by atoms with E-state index >= 15 is 0 Å². The van der Waals surface area contributed by atoms with E-state index < -0.39 is 5.41 Å². The molecule has 0 N–H and O–H groups in total. The highest BCUT2D eigenvalue weighted by atomic mass is 16.2. The number of nitrogens with zero attached hydrogens (tertiary/aromatic N) is 1. The zero-order valence-corrected chi connectivity index (χ0v) is 8.34. The fraction of sp³-hybridized carbons (Fsp3) is 0.500. The van der Waals surface area contributed by atoms with E-state index in [2.05, 4.69) is 4.99 Å². The molecule has 70 valence electrons. The first kappa shape index (κ1) is 9.84. The second-order valence-electron chi connectivity index (χ2n) is 3.39. The molecule has 0 aromatic rings. The van der Waals surface area contributed by atoms with Crippen molar-refractivity contribution < 1.29 is 9.59 Å². The number of hydrogen-bond donors (Lipinski definition) is 0. The molecule has 3 heteroatoms. The Morgan fingerprint density at radius 1 is 1.23 bits per heavy atom. The number of rotatable bonds is 2. The molecule has 13 heavy (non-hydrogen) atoms. The Morgan fingerprint density at radius 3 is 1.85 bits per heavy atom. The van der Waals surface area contributed by atoms with Gasteiger partial charge in [0.15, 0.2) is 11.6 Å². The molecule has 0 fully saturated rings. The lowest BCUT2D eigenvalue weighted by Gasteiger charge is -2.25. The van der Waals surface area contributed by atoms with Crippen LogP contribution >= 0.6 is 0 Å². The molecule has 1 rings (SSSR count). The first-order valence-corrected chi connectivity index (χ1v) is 4.18. The van der Waals surface area contributed by atoms with E-state index in [1.165, 1.54) is 13.8 Å². The van der Waals surface area contributed by atoms with Crippen LogP contribution < -0.4 is 0 Å². The molecule has 0 aliphatic carbocycles. The minimum absolute atomic E-state index is 0.146. The smallest absolute Gasteiger partial charge is 0.153 e. The minimum Gasteiger partial charge on any atom is -0.298 e. The summed E-state index contributed by atoms with van der Waals surface area (Å²) < 4.78 is 0. The summed E-state index contributed by atoms with van der Waals surface area (Å²) in [5, 5.41) is 0. The third-order valence-electron chi connectivity index (χ3n) is 2.64. The van der Waals surface area contributed by atoms with Gasteiger partial charge in [0.25, 0.3) is 0 Å². The predicted octanol–water partition coefficient (Wildman–Crippen LogP) is 1.53. The Morgan fingerprint density at radius 2 is 1.69 bits per heavy atom. The summed E-state index contributed by atoms with van der Waals surface area (Å²) in [6.45, 7) is 6.35. The van der Waals surface area contributed by atoms with E-state index in [9.17, 15) is 9.59 Å². The summed E-state index contributed by atoms with van der Waals surface area (Å²) in [7, 11) is 0. The van der Waals surface area contributed by atoms with Crippen molar-refractivity contribution in [2.75, 3.05) is 0 Å². The molecule has 0 atom stereocenters. The summed E-state index contributed by atoms with van der Waals surface area (Å²) in [6, 6.07) is 0. The molecule has 1 aliphatic heterocycles. The van der Waals surface area contributed by atoms with Crippen LogP contribution in [-0.2, 0) is 9.59 Å². The summed E-state index contributed by atoms with van der Waals surface area (Å²) in [5.74, 6) is -0.292. The van der Waals surface area contributed by atoms with Gasteiger partial charge in [0.2, 0.25) is 0 Å². The molecule has 0 saturated heterocycles. The second kappa shape index (κ2) is 2.91. The van der Waals surface area contributed by atoms with Crippen LogP contribution in [0.15, 0.2) is 16.8 Å². The summed E-state index contributed by atoms with van der Waals surface area (Å²) in [5.41, 5.74) is 0.259. The van der Waals surface area contributed by atoms with Crippen LogP contribution in [0.1, 0.15) is 27.7 Å². The minimum atomic E-state index is -1.06. The first-order valence-electron chi connectivity index (χ1n) is 4.18. The van der Waals surface area contributed by atoms with E-state index in [4.69, 9.17) is 0 Å². The molecule has 0 amide bonds. The van der Waals surface area contributed by atoms with Gasteiger partial charge < -0.3 is 0 Å². The Bertz CT molecular complexity index is 303. The van der Waals surface area contributed by atoms with E-state index in [-0.39, 0.29) is 11.6 Å². The lowest BCUT2D eigenvalue weighted by atomic mass is 9.72. The molecule has 3 nitrogen and oxygen atoms in total. The van der Waals surface area contributed by atoms with Gasteiger partial charge in [-0.25, -0.2) is 0 Å². The normalized spacial score (nSPS) is 19.4. The second-order valence-corrected chi connectivity index (χ2v) is 3.39. The highest BCUT2D eigenvalue weighted by Crippen LogP contribution is 2.35. The average molecular weight is 179 g/mol. The quantitative estimate of drug-likeness (QED) is 0.603. The van der Waals surface area contributed by atoms with Crippen LogP contribution in [0, 0.1) is 5.41 Å². The molecule has 0 unspecified atom stereocenters. The van der Waals surface area contributed by atoms with Crippen molar-refractivity contribution in [1.82, 2.24) is 0 Å². The van der Waals surface area contributed by atoms with Gasteiger partial charge in [0.1, 0.15) is 5.41 Å². The molecular formula is C10H13NO2. The van der Waals surface area contributed by atoms with E-state index in [0.29, 0.717) is 5.71 Å². The zero-order valence-electron chi connectivity index (χ0n) is 8.34. The lowest BCUT2D eigenvalue weighted by molar-refractivity contribution is -0.131. The van der Waals surface area contributed by atoms with Gasteiger partial charge in [-0.3, -0.25) is 14.6 Å². The lowest BCUT2D eigenvalue weighted by Crippen LogP contribution is -2.42. The Labute approximate surface area is 77.5 Å². The van der Waals surface area contributed by atoms with Crippen LogP contribution in [-0.4, -0.2) is 17.3 Å². The van der Waals surface area contributed by atoms with Gasteiger partial charge in [-0.05, 0) is 33.3 Å².